The minimum atomic E-state index is 0.692. The molecule has 0 atom stereocenters. The zero-order valence-electron chi connectivity index (χ0n) is 31.2. The smallest absolute Gasteiger partial charge is 0.106 e. The Labute approximate surface area is 332 Å². The number of fused-ring (bicyclic) bond motifs is 9. The first-order valence-electron chi connectivity index (χ1n) is 19.6. The van der Waals surface area contributed by atoms with E-state index in [1.807, 2.05) is 12.1 Å². The highest BCUT2D eigenvalue weighted by atomic mass is 15.3. The van der Waals surface area contributed by atoms with E-state index in [9.17, 15) is 0 Å². The SMILES string of the molecule is c1ccc(-c2ccc3c(c2-c2nnnc(-c4ccccc4)c2-c2ccccc2Cc2cccc4c2[nH]c2ccccc24)-c2c4c(ccc2=N3)=c2ccccc2=N4)cc1. The maximum absolute atomic E-state index is 5.26. The Balaban J connectivity index is 1.16. The summed E-state index contributed by atoms with van der Waals surface area (Å²) in [7, 11) is 0. The molecule has 8 aromatic carbocycles. The van der Waals surface area contributed by atoms with E-state index in [0.29, 0.717) is 6.42 Å². The minimum absolute atomic E-state index is 0.692. The van der Waals surface area contributed by atoms with Crippen molar-refractivity contribution in [3.8, 4) is 55.9 Å². The molecular formula is C52H32N6. The summed E-state index contributed by atoms with van der Waals surface area (Å²) in [5.41, 5.74) is 16.0. The number of hydrogen-bond acceptors (Lipinski definition) is 5. The third-order valence-corrected chi connectivity index (χ3v) is 11.7. The van der Waals surface area contributed by atoms with Gasteiger partial charge in [-0.15, -0.1) is 10.2 Å². The average Bonchev–Trinajstić information content (AvgIpc) is 3.98. The van der Waals surface area contributed by atoms with Crippen molar-refractivity contribution in [1.82, 2.24) is 20.4 Å². The first-order chi connectivity index (χ1) is 28.8. The molecule has 6 nitrogen and oxygen atoms in total. The summed E-state index contributed by atoms with van der Waals surface area (Å²) in [4.78, 5) is 14.2. The third-order valence-electron chi connectivity index (χ3n) is 11.7. The van der Waals surface area contributed by atoms with Gasteiger partial charge in [0.2, 0.25) is 0 Å². The number of hydrogen-bond donors (Lipinski definition) is 1. The number of nitrogens with zero attached hydrogens (tertiary/aromatic N) is 5. The fourth-order valence-electron chi connectivity index (χ4n) is 9.10. The molecule has 270 valence electrons. The summed E-state index contributed by atoms with van der Waals surface area (Å²) in [6.07, 6.45) is 0.692. The number of aromatic nitrogens is 4. The van der Waals surface area contributed by atoms with Crippen LogP contribution in [0.15, 0.2) is 186 Å². The fraction of sp³-hybridized carbons (Fsp3) is 0.0192. The largest absolute Gasteiger partial charge is 0.354 e. The van der Waals surface area contributed by atoms with Gasteiger partial charge in [0.05, 0.1) is 27.6 Å². The molecule has 0 saturated carbocycles. The molecule has 0 fully saturated rings. The zero-order chi connectivity index (χ0) is 38.2. The molecular weight excluding hydrogens is 709 g/mol. The van der Waals surface area contributed by atoms with Gasteiger partial charge in [0.1, 0.15) is 11.4 Å². The fourth-order valence-corrected chi connectivity index (χ4v) is 9.10. The molecule has 2 aliphatic heterocycles. The second kappa shape index (κ2) is 12.9. The highest BCUT2D eigenvalue weighted by molar-refractivity contribution is 6.09. The van der Waals surface area contributed by atoms with Gasteiger partial charge in [-0.25, -0.2) is 9.98 Å². The van der Waals surface area contributed by atoms with Crippen LogP contribution in [0.3, 0.4) is 0 Å². The highest BCUT2D eigenvalue weighted by Crippen LogP contribution is 2.52. The maximum atomic E-state index is 5.26. The van der Waals surface area contributed by atoms with E-state index < -0.39 is 0 Å². The Morgan fingerprint density at radius 2 is 1.14 bits per heavy atom. The Hall–Kier alpha value is -7.83. The Morgan fingerprint density at radius 1 is 0.414 bits per heavy atom. The minimum Gasteiger partial charge on any atom is -0.354 e. The lowest BCUT2D eigenvalue weighted by molar-refractivity contribution is 0.878. The normalized spacial score (nSPS) is 12.1. The number of benzene rings is 8. The Morgan fingerprint density at radius 3 is 2.03 bits per heavy atom. The molecule has 2 aromatic heterocycles. The lowest BCUT2D eigenvalue weighted by Gasteiger charge is -2.21. The predicted molar refractivity (Wildman–Crippen MR) is 231 cm³/mol. The molecule has 0 saturated heterocycles. The monoisotopic (exact) mass is 740 g/mol. The lowest BCUT2D eigenvalue weighted by atomic mass is 9.84. The van der Waals surface area contributed by atoms with Crippen molar-refractivity contribution < 1.29 is 0 Å². The molecule has 4 heterocycles. The Kier molecular flexibility index (Phi) is 7.19. The van der Waals surface area contributed by atoms with Gasteiger partial charge in [0.15, 0.2) is 0 Å². The van der Waals surface area contributed by atoms with E-state index in [-0.39, 0.29) is 0 Å². The summed E-state index contributed by atoms with van der Waals surface area (Å²) < 4.78 is 0. The molecule has 0 spiro atoms. The molecule has 1 N–H and O–H groups in total. The molecule has 6 heteroatoms. The number of para-hydroxylation sites is 3. The molecule has 0 amide bonds. The topological polar surface area (TPSA) is 79.2 Å². The van der Waals surface area contributed by atoms with Gasteiger partial charge in [-0.2, -0.15) is 0 Å². The summed E-state index contributed by atoms with van der Waals surface area (Å²) in [6.45, 7) is 0. The average molecular weight is 741 g/mol. The molecule has 12 rings (SSSR count). The second-order valence-corrected chi connectivity index (χ2v) is 14.9. The summed E-state index contributed by atoms with van der Waals surface area (Å²) in [5.74, 6) is 0. The Bertz CT molecular complexity index is 3540. The first kappa shape index (κ1) is 32.4. The van der Waals surface area contributed by atoms with Crippen molar-refractivity contribution >= 4 is 33.2 Å². The molecule has 0 unspecified atom stereocenters. The quantitative estimate of drug-likeness (QED) is 0.184. The number of nitrogens with one attached hydrogen (secondary N) is 1. The molecule has 2 aliphatic rings. The second-order valence-electron chi connectivity index (χ2n) is 14.9. The van der Waals surface area contributed by atoms with Crippen LogP contribution in [0.25, 0.3) is 77.7 Å². The molecule has 0 aliphatic carbocycles. The van der Waals surface area contributed by atoms with Gasteiger partial charge in [-0.1, -0.05) is 146 Å². The molecule has 0 bridgehead atoms. The van der Waals surface area contributed by atoms with E-state index in [2.05, 4.69) is 174 Å². The van der Waals surface area contributed by atoms with E-state index in [1.54, 1.807) is 0 Å². The van der Waals surface area contributed by atoms with E-state index in [0.717, 1.165) is 105 Å². The standard InChI is InChI=1S/C52H32N6/c1-3-14-31(15-4-1)36-26-28-43-47(48-44(53-43)29-27-40-38-22-10-12-25-42(38)55-51(40)48)45(36)52-46(50(56-58-57-52)32-16-5-2-6-17-32)35-20-8-7-18-33(35)30-34-19-13-23-39-37-21-9-11-24-41(37)54-49(34)39/h1-29,54H,30H2. The third kappa shape index (κ3) is 4.95. The number of H-pyrrole nitrogens is 1. The van der Waals surface area contributed by atoms with E-state index in [1.165, 1.54) is 16.3 Å². The van der Waals surface area contributed by atoms with Crippen molar-refractivity contribution in [2.75, 3.05) is 0 Å². The van der Waals surface area contributed by atoms with Gasteiger partial charge in [-0.3, -0.25) is 0 Å². The zero-order valence-corrected chi connectivity index (χ0v) is 31.2. The predicted octanol–water partition coefficient (Wildman–Crippen LogP) is 11.2. The van der Waals surface area contributed by atoms with Crippen LogP contribution in [0.2, 0.25) is 0 Å². The van der Waals surface area contributed by atoms with Crippen LogP contribution in [-0.4, -0.2) is 20.4 Å². The van der Waals surface area contributed by atoms with Gasteiger partial charge >= 0.3 is 0 Å². The molecule has 58 heavy (non-hydrogen) atoms. The van der Waals surface area contributed by atoms with Gasteiger partial charge in [0.25, 0.3) is 0 Å². The van der Waals surface area contributed by atoms with Crippen LogP contribution in [0.5, 0.6) is 0 Å². The molecule has 0 radical (unpaired) electrons. The van der Waals surface area contributed by atoms with Crippen molar-refractivity contribution in [2.24, 2.45) is 9.98 Å². The van der Waals surface area contributed by atoms with Crippen LogP contribution in [0, 0.1) is 10.4 Å². The highest BCUT2D eigenvalue weighted by Gasteiger charge is 2.31. The summed E-state index contributed by atoms with van der Waals surface area (Å²) in [5, 5.41) is 21.0. The van der Waals surface area contributed by atoms with Gasteiger partial charge in [0, 0.05) is 61.0 Å². The lowest BCUT2D eigenvalue weighted by Crippen LogP contribution is -2.05. The van der Waals surface area contributed by atoms with Crippen LogP contribution < -0.4 is 10.7 Å². The summed E-state index contributed by atoms with van der Waals surface area (Å²) in [6, 6.07) is 61.7. The maximum Gasteiger partial charge on any atom is 0.106 e. The number of rotatable bonds is 6. The van der Waals surface area contributed by atoms with Crippen LogP contribution >= 0.6 is 0 Å². The van der Waals surface area contributed by atoms with Gasteiger partial charge < -0.3 is 4.98 Å². The van der Waals surface area contributed by atoms with Crippen molar-refractivity contribution in [3.63, 3.8) is 0 Å². The van der Waals surface area contributed by atoms with E-state index in [4.69, 9.17) is 20.2 Å². The van der Waals surface area contributed by atoms with Gasteiger partial charge in [-0.05, 0) is 63.4 Å². The number of aromatic amines is 1. The first-order valence-corrected chi connectivity index (χ1v) is 19.6. The van der Waals surface area contributed by atoms with Crippen molar-refractivity contribution in [3.05, 3.63) is 208 Å². The van der Waals surface area contributed by atoms with Crippen LogP contribution in [0.1, 0.15) is 11.1 Å². The van der Waals surface area contributed by atoms with Crippen molar-refractivity contribution in [2.45, 2.75) is 6.42 Å². The van der Waals surface area contributed by atoms with Crippen molar-refractivity contribution in [1.29, 1.82) is 0 Å². The molecule has 10 aromatic rings. The van der Waals surface area contributed by atoms with E-state index >= 15 is 0 Å². The summed E-state index contributed by atoms with van der Waals surface area (Å²) >= 11 is 0. The van der Waals surface area contributed by atoms with Crippen LogP contribution in [-0.2, 0) is 6.42 Å². The van der Waals surface area contributed by atoms with Crippen LogP contribution in [0.4, 0.5) is 11.4 Å².